The van der Waals surface area contributed by atoms with E-state index in [1.165, 1.54) is 0 Å². The lowest BCUT2D eigenvalue weighted by Gasteiger charge is -2.05. The summed E-state index contributed by atoms with van der Waals surface area (Å²) in [6, 6.07) is 12.2. The number of hydrogen-bond acceptors (Lipinski definition) is 3. The fourth-order valence-corrected chi connectivity index (χ4v) is 2.51. The summed E-state index contributed by atoms with van der Waals surface area (Å²) in [5, 5.41) is 5.26. The third kappa shape index (κ3) is 1.78. The highest BCUT2D eigenvalue weighted by molar-refractivity contribution is 7.08. The highest BCUT2D eigenvalue weighted by Crippen LogP contribution is 2.27. The number of rotatable bonds is 2. The van der Waals surface area contributed by atoms with Gasteiger partial charge in [-0.15, -0.1) is 0 Å². The standard InChI is InChI=1S/C14H11NOS/c1-16-13-4-2-3-10-5-6-12(15-14(10)13)11-7-8-17-9-11/h2-9H,1H3. The van der Waals surface area contributed by atoms with Crippen molar-refractivity contribution in [2.24, 2.45) is 0 Å². The molecule has 1 aromatic carbocycles. The van der Waals surface area contributed by atoms with Gasteiger partial charge in [0.25, 0.3) is 0 Å². The summed E-state index contributed by atoms with van der Waals surface area (Å²) in [6.07, 6.45) is 0. The minimum atomic E-state index is 0.819. The van der Waals surface area contributed by atoms with Gasteiger partial charge in [0.15, 0.2) is 0 Å². The van der Waals surface area contributed by atoms with Gasteiger partial charge in [0.05, 0.1) is 12.8 Å². The van der Waals surface area contributed by atoms with E-state index in [0.717, 1.165) is 27.9 Å². The number of pyridine rings is 1. The number of fused-ring (bicyclic) bond motifs is 1. The molecular weight excluding hydrogens is 230 g/mol. The van der Waals surface area contributed by atoms with Gasteiger partial charge >= 0.3 is 0 Å². The Morgan fingerprint density at radius 1 is 1.12 bits per heavy atom. The zero-order chi connectivity index (χ0) is 11.7. The molecule has 0 fully saturated rings. The zero-order valence-corrected chi connectivity index (χ0v) is 10.2. The molecular formula is C14H11NOS. The quantitative estimate of drug-likeness (QED) is 0.677. The average molecular weight is 241 g/mol. The van der Waals surface area contributed by atoms with Crippen LogP contribution < -0.4 is 4.74 Å². The molecule has 0 aliphatic heterocycles. The maximum Gasteiger partial charge on any atom is 0.145 e. The van der Waals surface area contributed by atoms with Crippen molar-refractivity contribution in [1.29, 1.82) is 0 Å². The van der Waals surface area contributed by atoms with E-state index in [1.54, 1.807) is 18.4 Å². The van der Waals surface area contributed by atoms with Crippen LogP contribution in [0, 0.1) is 0 Å². The number of benzene rings is 1. The second-order valence-corrected chi connectivity index (χ2v) is 4.52. The van der Waals surface area contributed by atoms with Gasteiger partial charge in [-0.3, -0.25) is 0 Å². The molecule has 0 amide bonds. The predicted molar refractivity (Wildman–Crippen MR) is 71.6 cm³/mol. The molecule has 0 unspecified atom stereocenters. The van der Waals surface area contributed by atoms with Crippen LogP contribution in [0.4, 0.5) is 0 Å². The SMILES string of the molecule is COc1cccc2ccc(-c3ccsc3)nc12. The summed E-state index contributed by atoms with van der Waals surface area (Å²) in [7, 11) is 1.67. The van der Waals surface area contributed by atoms with Crippen LogP contribution in [-0.4, -0.2) is 12.1 Å². The molecule has 0 aliphatic rings. The summed E-state index contributed by atoms with van der Waals surface area (Å²) in [4.78, 5) is 4.67. The lowest BCUT2D eigenvalue weighted by atomic mass is 10.1. The Morgan fingerprint density at radius 3 is 2.82 bits per heavy atom. The second kappa shape index (κ2) is 4.18. The molecule has 0 spiro atoms. The average Bonchev–Trinajstić information content (AvgIpc) is 2.91. The summed E-state index contributed by atoms with van der Waals surface area (Å²) < 4.78 is 5.34. The third-order valence-electron chi connectivity index (χ3n) is 2.72. The van der Waals surface area contributed by atoms with Crippen molar-refractivity contribution in [3.8, 4) is 17.0 Å². The van der Waals surface area contributed by atoms with E-state index in [0.29, 0.717) is 0 Å². The van der Waals surface area contributed by atoms with Crippen LogP contribution >= 0.6 is 11.3 Å². The molecule has 84 valence electrons. The van der Waals surface area contributed by atoms with Crippen LogP contribution in [0.25, 0.3) is 22.2 Å². The Morgan fingerprint density at radius 2 is 2.06 bits per heavy atom. The number of hydrogen-bond donors (Lipinski definition) is 0. The van der Waals surface area contributed by atoms with Crippen molar-refractivity contribution in [2.45, 2.75) is 0 Å². The molecule has 0 saturated carbocycles. The molecule has 17 heavy (non-hydrogen) atoms. The number of aromatic nitrogens is 1. The van der Waals surface area contributed by atoms with Gasteiger partial charge in [0.1, 0.15) is 11.3 Å². The first-order chi connectivity index (χ1) is 8.38. The number of thiophene rings is 1. The van der Waals surface area contributed by atoms with Crippen LogP contribution in [0.15, 0.2) is 47.2 Å². The number of nitrogens with zero attached hydrogens (tertiary/aromatic N) is 1. The smallest absolute Gasteiger partial charge is 0.145 e. The van der Waals surface area contributed by atoms with E-state index >= 15 is 0 Å². The zero-order valence-electron chi connectivity index (χ0n) is 9.38. The number of ether oxygens (including phenoxy) is 1. The van der Waals surface area contributed by atoms with Crippen molar-refractivity contribution < 1.29 is 4.74 Å². The first kappa shape index (κ1) is 10.3. The second-order valence-electron chi connectivity index (χ2n) is 3.74. The van der Waals surface area contributed by atoms with Crippen molar-refractivity contribution in [3.05, 3.63) is 47.2 Å². The van der Waals surface area contributed by atoms with E-state index < -0.39 is 0 Å². The Bertz CT molecular complexity index is 646. The van der Waals surface area contributed by atoms with Crippen LogP contribution in [0.1, 0.15) is 0 Å². The van der Waals surface area contributed by atoms with Crippen molar-refractivity contribution in [1.82, 2.24) is 4.98 Å². The van der Waals surface area contributed by atoms with Crippen molar-refractivity contribution in [2.75, 3.05) is 7.11 Å². The Kier molecular flexibility index (Phi) is 2.53. The number of para-hydroxylation sites is 1. The Hall–Kier alpha value is -1.87. The molecule has 3 rings (SSSR count). The molecule has 0 aliphatic carbocycles. The molecule has 2 heterocycles. The van der Waals surface area contributed by atoms with E-state index in [9.17, 15) is 0 Å². The topological polar surface area (TPSA) is 22.1 Å². The van der Waals surface area contributed by atoms with Crippen LogP contribution in [0.3, 0.4) is 0 Å². The summed E-state index contributed by atoms with van der Waals surface area (Å²) >= 11 is 1.68. The molecule has 0 N–H and O–H groups in total. The van der Waals surface area contributed by atoms with E-state index in [1.807, 2.05) is 24.3 Å². The van der Waals surface area contributed by atoms with E-state index in [2.05, 4.69) is 27.9 Å². The van der Waals surface area contributed by atoms with Gasteiger partial charge in [-0.1, -0.05) is 18.2 Å². The van der Waals surface area contributed by atoms with Gasteiger partial charge in [-0.25, -0.2) is 4.98 Å². The third-order valence-corrected chi connectivity index (χ3v) is 3.40. The first-order valence-electron chi connectivity index (χ1n) is 5.35. The Balaban J connectivity index is 2.24. The van der Waals surface area contributed by atoms with Crippen LogP contribution in [0.2, 0.25) is 0 Å². The molecule has 2 nitrogen and oxygen atoms in total. The summed E-state index contributed by atoms with van der Waals surface area (Å²) in [5.41, 5.74) is 3.06. The highest BCUT2D eigenvalue weighted by atomic mass is 32.1. The first-order valence-corrected chi connectivity index (χ1v) is 6.29. The van der Waals surface area contributed by atoms with Crippen LogP contribution in [-0.2, 0) is 0 Å². The largest absolute Gasteiger partial charge is 0.494 e. The molecule has 3 aromatic rings. The normalized spacial score (nSPS) is 10.6. The van der Waals surface area contributed by atoms with Crippen molar-refractivity contribution >= 4 is 22.2 Å². The molecule has 0 bridgehead atoms. The molecule has 0 atom stereocenters. The summed E-state index contributed by atoms with van der Waals surface area (Å²) in [6.45, 7) is 0. The Labute approximate surface area is 104 Å². The van der Waals surface area contributed by atoms with E-state index in [4.69, 9.17) is 4.74 Å². The molecule has 0 radical (unpaired) electrons. The summed E-state index contributed by atoms with van der Waals surface area (Å²) in [5.74, 6) is 0.819. The molecule has 0 saturated heterocycles. The predicted octanol–water partition coefficient (Wildman–Crippen LogP) is 3.97. The maximum absolute atomic E-state index is 5.34. The van der Waals surface area contributed by atoms with Gasteiger partial charge in [0, 0.05) is 16.3 Å². The minimum absolute atomic E-state index is 0.819. The van der Waals surface area contributed by atoms with Gasteiger partial charge in [-0.05, 0) is 23.6 Å². The lowest BCUT2D eigenvalue weighted by molar-refractivity contribution is 0.419. The van der Waals surface area contributed by atoms with E-state index in [-0.39, 0.29) is 0 Å². The lowest BCUT2D eigenvalue weighted by Crippen LogP contribution is -1.89. The van der Waals surface area contributed by atoms with Crippen LogP contribution in [0.5, 0.6) is 5.75 Å². The monoisotopic (exact) mass is 241 g/mol. The molecule has 3 heteroatoms. The van der Waals surface area contributed by atoms with Gasteiger partial charge in [-0.2, -0.15) is 11.3 Å². The highest BCUT2D eigenvalue weighted by Gasteiger charge is 2.05. The fraction of sp³-hybridized carbons (Fsp3) is 0.0714. The fourth-order valence-electron chi connectivity index (χ4n) is 1.86. The van der Waals surface area contributed by atoms with Crippen molar-refractivity contribution in [3.63, 3.8) is 0 Å². The van der Waals surface area contributed by atoms with Gasteiger partial charge < -0.3 is 4.74 Å². The van der Waals surface area contributed by atoms with Gasteiger partial charge in [0.2, 0.25) is 0 Å². The maximum atomic E-state index is 5.34. The minimum Gasteiger partial charge on any atom is -0.494 e. The molecule has 2 aromatic heterocycles. The number of methoxy groups -OCH3 is 1.